The third-order valence-corrected chi connectivity index (χ3v) is 2.99. The van der Waals surface area contributed by atoms with Crippen LogP contribution in [0.4, 0.5) is 4.79 Å². The van der Waals surface area contributed by atoms with E-state index in [9.17, 15) is 9.59 Å². The van der Waals surface area contributed by atoms with Crippen molar-refractivity contribution in [2.24, 2.45) is 11.8 Å². The molecular formula is C13H24N2O3. The van der Waals surface area contributed by atoms with E-state index in [2.05, 4.69) is 17.8 Å². The van der Waals surface area contributed by atoms with Gasteiger partial charge in [-0.15, -0.1) is 0 Å². The van der Waals surface area contributed by atoms with Gasteiger partial charge in [0.25, 0.3) is 0 Å². The highest BCUT2D eigenvalue weighted by atomic mass is 16.6. The molecule has 2 N–H and O–H groups in total. The Hall–Kier alpha value is -1.26. The lowest BCUT2D eigenvalue weighted by Crippen LogP contribution is -2.47. The Balaban J connectivity index is 2.30. The van der Waals surface area contributed by atoms with E-state index in [0.29, 0.717) is 5.92 Å². The Morgan fingerprint density at radius 3 is 2.39 bits per heavy atom. The van der Waals surface area contributed by atoms with Crippen LogP contribution in [0.2, 0.25) is 0 Å². The van der Waals surface area contributed by atoms with Crippen molar-refractivity contribution in [3.8, 4) is 0 Å². The van der Waals surface area contributed by atoms with Crippen LogP contribution in [0.5, 0.6) is 0 Å². The van der Waals surface area contributed by atoms with E-state index in [1.807, 2.05) is 0 Å². The fraction of sp³-hybridized carbons (Fsp3) is 0.846. The predicted octanol–water partition coefficient (Wildman–Crippen LogP) is 2.37. The molecule has 2 amide bonds. The summed E-state index contributed by atoms with van der Waals surface area (Å²) in [5, 5.41) is 0. The van der Waals surface area contributed by atoms with E-state index in [0.717, 1.165) is 19.3 Å². The summed E-state index contributed by atoms with van der Waals surface area (Å²) in [4.78, 5) is 23.2. The summed E-state index contributed by atoms with van der Waals surface area (Å²) in [6, 6.07) is 0. The van der Waals surface area contributed by atoms with Crippen LogP contribution in [0.1, 0.15) is 53.4 Å². The van der Waals surface area contributed by atoms with Gasteiger partial charge in [-0.05, 0) is 39.5 Å². The molecule has 1 saturated carbocycles. The number of carbonyl (C=O) groups excluding carboxylic acids is 2. The van der Waals surface area contributed by atoms with Crippen LogP contribution >= 0.6 is 0 Å². The third kappa shape index (κ3) is 5.38. The molecule has 0 heterocycles. The second-order valence-corrected chi connectivity index (χ2v) is 6.08. The van der Waals surface area contributed by atoms with Crippen molar-refractivity contribution in [3.05, 3.63) is 0 Å². The van der Waals surface area contributed by atoms with Crippen molar-refractivity contribution in [2.45, 2.75) is 59.0 Å². The summed E-state index contributed by atoms with van der Waals surface area (Å²) >= 11 is 0. The highest BCUT2D eigenvalue weighted by molar-refractivity contribution is 5.81. The van der Waals surface area contributed by atoms with Gasteiger partial charge in [-0.2, -0.15) is 0 Å². The maximum absolute atomic E-state index is 11.8. The highest BCUT2D eigenvalue weighted by Crippen LogP contribution is 2.28. The second kappa shape index (κ2) is 6.07. The average molecular weight is 256 g/mol. The Kier molecular flexibility index (Phi) is 4.99. The van der Waals surface area contributed by atoms with E-state index in [1.54, 1.807) is 20.8 Å². The Morgan fingerprint density at radius 1 is 1.17 bits per heavy atom. The van der Waals surface area contributed by atoms with Gasteiger partial charge in [-0.25, -0.2) is 10.2 Å². The largest absolute Gasteiger partial charge is 0.443 e. The van der Waals surface area contributed by atoms with Gasteiger partial charge < -0.3 is 4.74 Å². The standard InChI is InChI=1S/C13H24N2O3/c1-9-6-5-7-10(8-9)11(16)14-15-12(17)18-13(2,3)4/h9-10H,5-8H2,1-4H3,(H,14,16)(H,15,17)/t9-,10+/m0/s1. The van der Waals surface area contributed by atoms with Gasteiger partial charge in [0.15, 0.2) is 0 Å². The van der Waals surface area contributed by atoms with Gasteiger partial charge in [0.1, 0.15) is 5.60 Å². The van der Waals surface area contributed by atoms with Gasteiger partial charge in [-0.1, -0.05) is 19.8 Å². The number of hydrazine groups is 1. The summed E-state index contributed by atoms with van der Waals surface area (Å²) in [6.07, 6.45) is 3.42. The zero-order valence-corrected chi connectivity index (χ0v) is 11.7. The van der Waals surface area contributed by atoms with Crippen molar-refractivity contribution >= 4 is 12.0 Å². The van der Waals surface area contributed by atoms with Crippen molar-refractivity contribution < 1.29 is 14.3 Å². The van der Waals surface area contributed by atoms with Crippen LogP contribution in [-0.4, -0.2) is 17.6 Å². The van der Waals surface area contributed by atoms with Gasteiger partial charge >= 0.3 is 6.09 Å². The zero-order valence-electron chi connectivity index (χ0n) is 11.7. The molecular weight excluding hydrogens is 232 g/mol. The van der Waals surface area contributed by atoms with Crippen molar-refractivity contribution in [3.63, 3.8) is 0 Å². The number of hydrogen-bond acceptors (Lipinski definition) is 3. The maximum Gasteiger partial charge on any atom is 0.426 e. The second-order valence-electron chi connectivity index (χ2n) is 6.08. The lowest BCUT2D eigenvalue weighted by molar-refractivity contribution is -0.127. The van der Waals surface area contributed by atoms with E-state index in [-0.39, 0.29) is 11.8 Å². The molecule has 5 nitrogen and oxygen atoms in total. The maximum atomic E-state index is 11.8. The molecule has 0 aromatic carbocycles. The first-order valence-corrected chi connectivity index (χ1v) is 6.57. The molecule has 0 radical (unpaired) electrons. The van der Waals surface area contributed by atoms with Crippen molar-refractivity contribution in [1.29, 1.82) is 0 Å². The molecule has 2 atom stereocenters. The zero-order chi connectivity index (χ0) is 13.8. The van der Waals surface area contributed by atoms with Crippen LogP contribution in [0, 0.1) is 11.8 Å². The van der Waals surface area contributed by atoms with Crippen LogP contribution in [-0.2, 0) is 9.53 Å². The molecule has 18 heavy (non-hydrogen) atoms. The summed E-state index contributed by atoms with van der Waals surface area (Å²) in [5.41, 5.74) is 4.16. The summed E-state index contributed by atoms with van der Waals surface area (Å²) in [5.74, 6) is 0.465. The molecule has 0 saturated heterocycles. The van der Waals surface area contributed by atoms with Gasteiger partial charge in [0, 0.05) is 5.92 Å². The molecule has 0 bridgehead atoms. The molecule has 1 fully saturated rings. The van der Waals surface area contributed by atoms with Crippen LogP contribution < -0.4 is 10.9 Å². The fourth-order valence-corrected chi connectivity index (χ4v) is 2.19. The fourth-order valence-electron chi connectivity index (χ4n) is 2.19. The number of hydrogen-bond donors (Lipinski definition) is 2. The van der Waals surface area contributed by atoms with Gasteiger partial charge in [-0.3, -0.25) is 10.2 Å². The number of ether oxygens (including phenoxy) is 1. The molecule has 0 aromatic rings. The lowest BCUT2D eigenvalue weighted by Gasteiger charge is -2.26. The average Bonchev–Trinajstić information content (AvgIpc) is 2.23. The number of rotatable bonds is 1. The van der Waals surface area contributed by atoms with Gasteiger partial charge in [0.2, 0.25) is 5.91 Å². The minimum Gasteiger partial charge on any atom is -0.443 e. The minimum absolute atomic E-state index is 0.00341. The Labute approximate surface area is 109 Å². The SMILES string of the molecule is C[C@H]1CCC[C@@H](C(=O)NNC(=O)OC(C)(C)C)C1. The van der Waals surface area contributed by atoms with Crippen molar-refractivity contribution in [2.75, 3.05) is 0 Å². The first-order chi connectivity index (χ1) is 8.28. The predicted molar refractivity (Wildman–Crippen MR) is 68.6 cm³/mol. The molecule has 0 aromatic heterocycles. The monoisotopic (exact) mass is 256 g/mol. The van der Waals surface area contributed by atoms with Crippen LogP contribution in [0.15, 0.2) is 0 Å². The molecule has 0 aliphatic heterocycles. The van der Waals surface area contributed by atoms with E-state index < -0.39 is 11.7 Å². The molecule has 104 valence electrons. The molecule has 1 aliphatic carbocycles. The minimum atomic E-state index is -0.625. The summed E-state index contributed by atoms with van der Waals surface area (Å²) < 4.78 is 5.03. The highest BCUT2D eigenvalue weighted by Gasteiger charge is 2.25. The molecule has 0 spiro atoms. The Bertz CT molecular complexity index is 310. The Morgan fingerprint density at radius 2 is 1.83 bits per heavy atom. The van der Waals surface area contributed by atoms with Crippen LogP contribution in [0.3, 0.4) is 0 Å². The molecule has 1 rings (SSSR count). The first-order valence-electron chi connectivity index (χ1n) is 6.57. The molecule has 5 heteroatoms. The number of amides is 2. The van der Waals surface area contributed by atoms with E-state index >= 15 is 0 Å². The summed E-state index contributed by atoms with van der Waals surface area (Å²) in [6.45, 7) is 7.48. The molecule has 1 aliphatic rings. The lowest BCUT2D eigenvalue weighted by atomic mass is 9.82. The normalized spacial score (nSPS) is 24.2. The summed E-state index contributed by atoms with van der Waals surface area (Å²) in [7, 11) is 0. The van der Waals surface area contributed by atoms with Crippen molar-refractivity contribution in [1.82, 2.24) is 10.9 Å². The van der Waals surface area contributed by atoms with E-state index in [1.165, 1.54) is 6.42 Å². The van der Waals surface area contributed by atoms with Crippen LogP contribution in [0.25, 0.3) is 0 Å². The number of carbonyl (C=O) groups is 2. The first kappa shape index (κ1) is 14.8. The number of nitrogens with one attached hydrogen (secondary N) is 2. The molecule has 0 unspecified atom stereocenters. The van der Waals surface area contributed by atoms with Gasteiger partial charge in [0.05, 0.1) is 0 Å². The quantitative estimate of drug-likeness (QED) is 0.708. The third-order valence-electron chi connectivity index (χ3n) is 2.99. The topological polar surface area (TPSA) is 67.4 Å². The smallest absolute Gasteiger partial charge is 0.426 e. The van der Waals surface area contributed by atoms with E-state index in [4.69, 9.17) is 4.74 Å².